The maximum atomic E-state index is 13.2. The standard InChI is InChI=1S/C23H36O5.H2OP/c1-5-7-9-10-11-12-17-28-23(25)18(14-8-6-2)22(24)21-19(26-3)15-13-16-20(21)27-4;1-2/h13,15-16,18H,5-12,14,17H2,1-4H3;2H2/q;+1. The largest absolute Gasteiger partial charge is 0.496 e. The molecule has 0 spiro atoms. The molecule has 0 aliphatic carbocycles. The van der Waals surface area contributed by atoms with Crippen molar-refractivity contribution >= 4 is 20.9 Å². The fraction of sp³-hybridized carbons (Fsp3) is 0.652. The smallest absolute Gasteiger partial charge is 0.316 e. The molecule has 0 saturated carbocycles. The Balaban J connectivity index is 0.00000407. The van der Waals surface area contributed by atoms with Gasteiger partial charge in [0, 0.05) is 0 Å². The number of unbranched alkanes of at least 4 members (excludes halogenated alkanes) is 6. The van der Waals surface area contributed by atoms with Crippen molar-refractivity contribution in [2.75, 3.05) is 20.8 Å². The number of ether oxygens (including phenoxy) is 3. The summed E-state index contributed by atoms with van der Waals surface area (Å²) in [5, 5.41) is 0. The van der Waals surface area contributed by atoms with E-state index >= 15 is 0 Å². The molecule has 7 heteroatoms. The van der Waals surface area contributed by atoms with Gasteiger partial charge in [0.05, 0.1) is 20.8 Å². The van der Waals surface area contributed by atoms with Crippen LogP contribution in [0.15, 0.2) is 18.2 Å². The van der Waals surface area contributed by atoms with E-state index in [0.29, 0.717) is 30.1 Å². The monoisotopic (exact) mass is 441 g/mol. The Bertz CT molecular complexity index is 597. The molecule has 1 aromatic rings. The molecule has 2 atom stereocenters. The van der Waals surface area contributed by atoms with Crippen LogP contribution in [0.1, 0.15) is 82.0 Å². The third kappa shape index (κ3) is 9.71. The Kier molecular flexibility index (Phi) is 16.7. The van der Waals surface area contributed by atoms with Crippen molar-refractivity contribution in [1.29, 1.82) is 0 Å². The highest BCUT2D eigenvalue weighted by Crippen LogP contribution is 2.32. The maximum Gasteiger partial charge on any atom is 0.316 e. The summed E-state index contributed by atoms with van der Waals surface area (Å²) in [6, 6.07) is 5.16. The Morgan fingerprint density at radius 1 is 0.867 bits per heavy atom. The van der Waals surface area contributed by atoms with Crippen LogP contribution in [0.3, 0.4) is 0 Å². The number of benzene rings is 1. The van der Waals surface area contributed by atoms with E-state index < -0.39 is 11.9 Å². The summed E-state index contributed by atoms with van der Waals surface area (Å²) in [4.78, 5) is 25.9. The van der Waals surface area contributed by atoms with E-state index in [-0.39, 0.29) is 5.78 Å². The molecule has 0 aliphatic rings. The Morgan fingerprint density at radius 2 is 1.40 bits per heavy atom. The predicted molar refractivity (Wildman–Crippen MR) is 122 cm³/mol. The van der Waals surface area contributed by atoms with Crippen LogP contribution in [-0.2, 0) is 14.1 Å². The highest BCUT2D eigenvalue weighted by atomic mass is 31.0. The molecule has 0 aromatic heterocycles. The zero-order valence-corrected chi connectivity index (χ0v) is 20.1. The molecule has 0 aliphatic heterocycles. The van der Waals surface area contributed by atoms with Crippen LogP contribution < -0.4 is 9.47 Å². The molecule has 2 unspecified atom stereocenters. The van der Waals surface area contributed by atoms with Gasteiger partial charge in [-0.15, -0.1) is 0 Å². The molecule has 0 heterocycles. The summed E-state index contributed by atoms with van der Waals surface area (Å²) in [5.74, 6) is -0.745. The van der Waals surface area contributed by atoms with Crippen molar-refractivity contribution in [3.8, 4) is 11.5 Å². The van der Waals surface area contributed by atoms with Gasteiger partial charge in [0.25, 0.3) is 0 Å². The molecule has 6 nitrogen and oxygen atoms in total. The third-order valence-electron chi connectivity index (χ3n) is 4.86. The van der Waals surface area contributed by atoms with Crippen molar-refractivity contribution in [1.82, 2.24) is 0 Å². The van der Waals surface area contributed by atoms with Crippen molar-refractivity contribution in [2.24, 2.45) is 5.92 Å². The minimum atomic E-state index is -0.828. The van der Waals surface area contributed by atoms with Gasteiger partial charge in [-0.2, -0.15) is 0 Å². The summed E-state index contributed by atoms with van der Waals surface area (Å²) in [6.07, 6.45) is 8.85. The highest BCUT2D eigenvalue weighted by molar-refractivity contribution is 7.00. The second kappa shape index (κ2) is 17.9. The number of rotatable bonds is 15. The van der Waals surface area contributed by atoms with Crippen molar-refractivity contribution in [2.45, 2.75) is 71.6 Å². The topological polar surface area (TPSA) is 78.9 Å². The zero-order chi connectivity index (χ0) is 22.8. The van der Waals surface area contributed by atoms with Crippen molar-refractivity contribution < 1.29 is 28.4 Å². The molecule has 0 N–H and O–H groups in total. The molecule has 30 heavy (non-hydrogen) atoms. The van der Waals surface area contributed by atoms with Gasteiger partial charge in [0.15, 0.2) is 5.78 Å². The summed E-state index contributed by atoms with van der Waals surface area (Å²) < 4.78 is 24.3. The van der Waals surface area contributed by atoms with E-state index in [4.69, 9.17) is 18.8 Å². The average molecular weight is 442 g/mol. The quantitative estimate of drug-likeness (QED) is 0.112. The van der Waals surface area contributed by atoms with E-state index in [0.717, 1.165) is 32.1 Å². The van der Waals surface area contributed by atoms with Gasteiger partial charge in [0.2, 0.25) is 0 Å². The number of methoxy groups -OCH3 is 2. The van der Waals surface area contributed by atoms with Gasteiger partial charge in [-0.3, -0.25) is 9.59 Å². The fourth-order valence-electron chi connectivity index (χ4n) is 3.19. The first-order chi connectivity index (χ1) is 14.6. The van der Waals surface area contributed by atoms with E-state index in [9.17, 15) is 9.59 Å². The molecule has 1 aromatic carbocycles. The lowest BCUT2D eigenvalue weighted by molar-refractivity contribution is -0.147. The second-order valence-corrected chi connectivity index (χ2v) is 7.03. The zero-order valence-electron chi connectivity index (χ0n) is 18.9. The number of hydrogen-bond acceptors (Lipinski definition) is 6. The third-order valence-corrected chi connectivity index (χ3v) is 4.86. The molecule has 170 valence electrons. The van der Waals surface area contributed by atoms with Crippen LogP contribution in [-0.4, -0.2) is 32.6 Å². The number of esters is 1. The van der Waals surface area contributed by atoms with Crippen LogP contribution in [0.2, 0.25) is 0 Å². The summed E-state index contributed by atoms with van der Waals surface area (Å²) in [6.45, 7) is 4.59. The minimum Gasteiger partial charge on any atom is -0.496 e. The lowest BCUT2D eigenvalue weighted by Gasteiger charge is -2.18. The Hall–Kier alpha value is -1.94. The molecule has 0 saturated heterocycles. The molecule has 1 rings (SSSR count). The predicted octanol–water partition coefficient (Wildman–Crippen LogP) is 5.80. The van der Waals surface area contributed by atoms with E-state index in [1.807, 2.05) is 6.92 Å². The van der Waals surface area contributed by atoms with Crippen LogP contribution in [0.25, 0.3) is 0 Å². The molecule has 0 radical (unpaired) electrons. The fourth-order valence-corrected chi connectivity index (χ4v) is 3.19. The summed E-state index contributed by atoms with van der Waals surface area (Å²) in [5.41, 5.74) is 0.310. The first-order valence-corrected chi connectivity index (χ1v) is 11.2. The van der Waals surface area contributed by atoms with Crippen LogP contribution in [0.4, 0.5) is 0 Å². The van der Waals surface area contributed by atoms with Crippen LogP contribution in [0.5, 0.6) is 11.5 Å². The average Bonchev–Trinajstić information content (AvgIpc) is 2.79. The van der Waals surface area contributed by atoms with Crippen molar-refractivity contribution in [3.05, 3.63) is 23.8 Å². The van der Waals surface area contributed by atoms with Gasteiger partial charge in [-0.1, -0.05) is 69.4 Å². The lowest BCUT2D eigenvalue weighted by Crippen LogP contribution is -2.27. The van der Waals surface area contributed by atoms with Gasteiger partial charge in [0.1, 0.15) is 23.0 Å². The molecule has 0 amide bonds. The van der Waals surface area contributed by atoms with Gasteiger partial charge in [-0.05, 0) is 25.0 Å². The van der Waals surface area contributed by atoms with Crippen LogP contribution >= 0.6 is 9.12 Å². The SMILES string of the molecule is CCCCCCCCOC(=O)C(CCCC)C(=O)c1c(OC)cccc1OC.O=[PH2+]. The van der Waals surface area contributed by atoms with E-state index in [1.165, 1.54) is 42.6 Å². The van der Waals surface area contributed by atoms with Gasteiger partial charge in [-0.25, -0.2) is 0 Å². The molecular weight excluding hydrogens is 403 g/mol. The Labute approximate surface area is 183 Å². The summed E-state index contributed by atoms with van der Waals surface area (Å²) >= 11 is 0. The normalized spacial score (nSPS) is 11.1. The first-order valence-electron chi connectivity index (χ1n) is 10.8. The van der Waals surface area contributed by atoms with Gasteiger partial charge < -0.3 is 14.2 Å². The molecular formula is C23H38O6P+. The number of Topliss-reactive ketones (excluding diaryl/α,β-unsaturated/α-hetero) is 1. The van der Waals surface area contributed by atoms with Crippen LogP contribution in [0, 0.1) is 5.92 Å². The van der Waals surface area contributed by atoms with E-state index in [2.05, 4.69) is 6.92 Å². The molecule has 0 fully saturated rings. The van der Waals surface area contributed by atoms with Gasteiger partial charge >= 0.3 is 15.1 Å². The van der Waals surface area contributed by atoms with Crippen molar-refractivity contribution in [3.63, 3.8) is 0 Å². The number of hydrogen-bond donors (Lipinski definition) is 0. The Morgan fingerprint density at radius 3 is 1.93 bits per heavy atom. The highest BCUT2D eigenvalue weighted by Gasteiger charge is 2.32. The second-order valence-electron chi connectivity index (χ2n) is 7.03. The number of carbonyl (C=O) groups excluding carboxylic acids is 2. The number of carbonyl (C=O) groups is 2. The van der Waals surface area contributed by atoms with E-state index in [1.54, 1.807) is 18.2 Å². The summed E-state index contributed by atoms with van der Waals surface area (Å²) in [7, 11) is 4.17. The minimum absolute atomic E-state index is 0.296. The first kappa shape index (κ1) is 28.1. The number of ketones is 1. The molecule has 0 bridgehead atoms. The maximum absolute atomic E-state index is 13.2. The lowest BCUT2D eigenvalue weighted by atomic mass is 9.91.